The molecule has 3 rings (SSSR count). The molecule has 0 radical (unpaired) electrons. The summed E-state index contributed by atoms with van der Waals surface area (Å²) in [7, 11) is -1.23. The third-order valence-electron chi connectivity index (χ3n) is 5.33. The van der Waals surface area contributed by atoms with Crippen LogP contribution in [-0.2, 0) is 21.8 Å². The molecule has 1 aromatic rings. The molecule has 0 aromatic carbocycles. The quantitative estimate of drug-likeness (QED) is 0.784. The second-order valence-corrected chi connectivity index (χ2v) is 9.23. The second-order valence-electron chi connectivity index (χ2n) is 7.45. The number of rotatable bonds is 6. The summed E-state index contributed by atoms with van der Waals surface area (Å²) >= 11 is 0. The zero-order valence-electron chi connectivity index (χ0n) is 15.1. The van der Waals surface area contributed by atoms with Crippen LogP contribution in [0.1, 0.15) is 50.0 Å². The molecule has 1 aliphatic heterocycles. The Balaban J connectivity index is 1.45. The van der Waals surface area contributed by atoms with Crippen molar-refractivity contribution in [2.24, 2.45) is 7.05 Å². The summed E-state index contributed by atoms with van der Waals surface area (Å²) in [6, 6.07) is -0.0185. The molecule has 1 saturated carbocycles. The van der Waals surface area contributed by atoms with E-state index >= 15 is 0 Å². The van der Waals surface area contributed by atoms with Crippen LogP contribution in [0.4, 0.5) is 0 Å². The summed E-state index contributed by atoms with van der Waals surface area (Å²) in [5.74, 6) is 0.584. The van der Waals surface area contributed by atoms with E-state index in [4.69, 9.17) is 4.74 Å². The maximum atomic E-state index is 11.5. The SMILES string of the molecule is Cn1cc([C@H]2CC[C@@H](OC[C@@H]3NCCC[C@@H]3NS(C)(=O)=O)CC2)cn1. The van der Waals surface area contributed by atoms with Gasteiger partial charge < -0.3 is 10.1 Å². The first kappa shape index (κ1) is 18.8. The van der Waals surface area contributed by atoms with Crippen molar-refractivity contribution < 1.29 is 13.2 Å². The Morgan fingerprint density at radius 3 is 2.72 bits per heavy atom. The normalized spacial score (nSPS) is 31.1. The number of nitrogens with one attached hydrogen (secondary N) is 2. The first-order chi connectivity index (χ1) is 11.9. The second kappa shape index (κ2) is 8.16. The lowest BCUT2D eigenvalue weighted by atomic mass is 9.84. The highest BCUT2D eigenvalue weighted by Crippen LogP contribution is 2.33. The Bertz CT molecular complexity index is 653. The Hall–Kier alpha value is -0.960. The molecule has 142 valence electrons. The number of aromatic nitrogens is 2. The van der Waals surface area contributed by atoms with Gasteiger partial charge in [0.1, 0.15) is 0 Å². The Morgan fingerprint density at radius 1 is 1.32 bits per heavy atom. The molecule has 0 unspecified atom stereocenters. The van der Waals surface area contributed by atoms with Gasteiger partial charge in [0.15, 0.2) is 0 Å². The minimum atomic E-state index is -3.19. The molecular weight excluding hydrogens is 340 g/mol. The van der Waals surface area contributed by atoms with Crippen LogP contribution in [0.3, 0.4) is 0 Å². The van der Waals surface area contributed by atoms with Crippen molar-refractivity contribution in [2.75, 3.05) is 19.4 Å². The van der Waals surface area contributed by atoms with E-state index in [1.807, 2.05) is 17.9 Å². The van der Waals surface area contributed by atoms with Crippen LogP contribution in [0.2, 0.25) is 0 Å². The molecule has 0 spiro atoms. The Labute approximate surface area is 150 Å². The van der Waals surface area contributed by atoms with Gasteiger partial charge in [-0.3, -0.25) is 4.68 Å². The minimum absolute atomic E-state index is 0.0551. The average molecular weight is 371 g/mol. The summed E-state index contributed by atoms with van der Waals surface area (Å²) in [5, 5.41) is 7.67. The fourth-order valence-electron chi connectivity index (χ4n) is 4.00. The monoisotopic (exact) mass is 370 g/mol. The number of piperidine rings is 1. The maximum Gasteiger partial charge on any atom is 0.209 e. The topological polar surface area (TPSA) is 85.2 Å². The molecule has 2 heterocycles. The van der Waals surface area contributed by atoms with Crippen molar-refractivity contribution >= 4 is 10.0 Å². The van der Waals surface area contributed by atoms with E-state index in [-0.39, 0.29) is 18.2 Å². The van der Waals surface area contributed by atoms with E-state index in [1.54, 1.807) is 0 Å². The highest BCUT2D eigenvalue weighted by molar-refractivity contribution is 7.88. The van der Waals surface area contributed by atoms with E-state index in [1.165, 1.54) is 11.8 Å². The zero-order valence-corrected chi connectivity index (χ0v) is 16.0. The molecule has 1 saturated heterocycles. The molecule has 25 heavy (non-hydrogen) atoms. The lowest BCUT2D eigenvalue weighted by Gasteiger charge is -2.35. The highest BCUT2D eigenvalue weighted by Gasteiger charge is 2.29. The summed E-state index contributed by atoms with van der Waals surface area (Å²) in [6.45, 7) is 1.49. The molecule has 0 bridgehead atoms. The molecule has 2 fully saturated rings. The van der Waals surface area contributed by atoms with Crippen LogP contribution >= 0.6 is 0 Å². The van der Waals surface area contributed by atoms with Gasteiger partial charge in [-0.05, 0) is 56.6 Å². The maximum absolute atomic E-state index is 11.5. The molecule has 7 nitrogen and oxygen atoms in total. The minimum Gasteiger partial charge on any atom is -0.377 e. The van der Waals surface area contributed by atoms with Gasteiger partial charge >= 0.3 is 0 Å². The number of nitrogens with zero attached hydrogens (tertiary/aromatic N) is 2. The van der Waals surface area contributed by atoms with Gasteiger partial charge in [0.25, 0.3) is 0 Å². The van der Waals surface area contributed by atoms with Crippen LogP contribution < -0.4 is 10.0 Å². The van der Waals surface area contributed by atoms with Gasteiger partial charge in [-0.2, -0.15) is 5.10 Å². The predicted molar refractivity (Wildman–Crippen MR) is 96.9 cm³/mol. The van der Waals surface area contributed by atoms with Crippen LogP contribution in [0.25, 0.3) is 0 Å². The summed E-state index contributed by atoms with van der Waals surface area (Å²) < 4.78 is 33.8. The van der Waals surface area contributed by atoms with Crippen molar-refractivity contribution in [1.82, 2.24) is 19.8 Å². The molecule has 2 atom stereocenters. The van der Waals surface area contributed by atoms with Crippen LogP contribution in [0, 0.1) is 0 Å². The van der Waals surface area contributed by atoms with Crippen molar-refractivity contribution in [3.63, 3.8) is 0 Å². The van der Waals surface area contributed by atoms with E-state index in [9.17, 15) is 8.42 Å². The predicted octanol–water partition coefficient (Wildman–Crippen LogP) is 1.13. The van der Waals surface area contributed by atoms with Gasteiger partial charge in [0.2, 0.25) is 10.0 Å². The van der Waals surface area contributed by atoms with Gasteiger partial charge in [-0.1, -0.05) is 0 Å². The molecular formula is C17H30N4O3S. The lowest BCUT2D eigenvalue weighted by molar-refractivity contribution is 0.00523. The largest absolute Gasteiger partial charge is 0.377 e. The van der Waals surface area contributed by atoms with Crippen molar-refractivity contribution in [3.05, 3.63) is 18.0 Å². The van der Waals surface area contributed by atoms with Crippen LogP contribution in [-0.4, -0.2) is 55.8 Å². The standard InChI is InChI=1S/C17H30N4O3S/c1-21-11-14(10-19-21)13-5-7-15(8-6-13)24-12-17-16(4-3-9-18-17)20-25(2,22)23/h10-11,13,15-18,20H,3-9,12H2,1-2H3/t13-,15+,16-,17-/m0/s1. The van der Waals surface area contributed by atoms with E-state index in [0.29, 0.717) is 12.5 Å². The summed E-state index contributed by atoms with van der Waals surface area (Å²) in [4.78, 5) is 0. The number of sulfonamides is 1. The fraction of sp³-hybridized carbons (Fsp3) is 0.824. The zero-order chi connectivity index (χ0) is 17.9. The van der Waals surface area contributed by atoms with Crippen LogP contribution in [0.5, 0.6) is 0 Å². The first-order valence-corrected chi connectivity index (χ1v) is 11.1. The van der Waals surface area contributed by atoms with Crippen molar-refractivity contribution in [1.29, 1.82) is 0 Å². The van der Waals surface area contributed by atoms with Crippen molar-refractivity contribution in [3.8, 4) is 0 Å². The number of hydrogen-bond donors (Lipinski definition) is 2. The number of aryl methyl sites for hydroxylation is 1. The van der Waals surface area contributed by atoms with E-state index < -0.39 is 10.0 Å². The highest BCUT2D eigenvalue weighted by atomic mass is 32.2. The first-order valence-electron chi connectivity index (χ1n) is 9.21. The summed E-state index contributed by atoms with van der Waals surface area (Å²) in [5.41, 5.74) is 1.33. The molecule has 8 heteroatoms. The van der Waals surface area contributed by atoms with E-state index in [0.717, 1.165) is 45.1 Å². The molecule has 1 aromatic heterocycles. The molecule has 0 amide bonds. The van der Waals surface area contributed by atoms with Gasteiger partial charge in [0.05, 0.1) is 25.2 Å². The third kappa shape index (κ3) is 5.51. The molecule has 1 aliphatic carbocycles. The average Bonchev–Trinajstić information content (AvgIpc) is 3.00. The lowest BCUT2D eigenvalue weighted by Crippen LogP contribution is -2.55. The van der Waals surface area contributed by atoms with E-state index in [2.05, 4.69) is 21.3 Å². The smallest absolute Gasteiger partial charge is 0.209 e. The van der Waals surface area contributed by atoms with Crippen molar-refractivity contribution in [2.45, 2.75) is 62.6 Å². The van der Waals surface area contributed by atoms with Crippen LogP contribution in [0.15, 0.2) is 12.4 Å². The Kier molecular flexibility index (Phi) is 6.14. The number of ether oxygens (including phenoxy) is 1. The molecule has 2 aliphatic rings. The fourth-order valence-corrected chi connectivity index (χ4v) is 4.83. The summed E-state index contributed by atoms with van der Waals surface area (Å²) in [6.07, 6.45) is 11.8. The van der Waals surface area contributed by atoms with Gasteiger partial charge in [-0.15, -0.1) is 0 Å². The van der Waals surface area contributed by atoms with Gasteiger partial charge in [0, 0.05) is 25.3 Å². The number of hydrogen-bond acceptors (Lipinski definition) is 5. The third-order valence-corrected chi connectivity index (χ3v) is 6.06. The van der Waals surface area contributed by atoms with Gasteiger partial charge in [-0.25, -0.2) is 13.1 Å². The molecule has 2 N–H and O–H groups in total. The Morgan fingerprint density at radius 2 is 2.08 bits per heavy atom.